The van der Waals surface area contributed by atoms with E-state index < -0.39 is 0 Å². The van der Waals surface area contributed by atoms with Crippen molar-refractivity contribution < 1.29 is 5.11 Å². The minimum absolute atomic E-state index is 0.110. The van der Waals surface area contributed by atoms with Gasteiger partial charge in [0, 0.05) is 19.1 Å². The molecule has 1 heterocycles. The van der Waals surface area contributed by atoms with Gasteiger partial charge < -0.3 is 15.3 Å². The molecule has 16 heavy (non-hydrogen) atoms. The molecular formula is C13H26N2O. The molecule has 1 aliphatic carbocycles. The zero-order valence-electron chi connectivity index (χ0n) is 10.3. The third-order valence-electron chi connectivity index (χ3n) is 4.01. The smallest absolute Gasteiger partial charge is 0.0693 e. The maximum Gasteiger partial charge on any atom is 0.0693 e. The molecule has 1 aliphatic heterocycles. The Balaban J connectivity index is 1.63. The van der Waals surface area contributed by atoms with Crippen LogP contribution in [0.15, 0.2) is 0 Å². The Labute approximate surface area is 99.2 Å². The van der Waals surface area contributed by atoms with Gasteiger partial charge in [-0.15, -0.1) is 0 Å². The molecule has 94 valence electrons. The second-order valence-corrected chi connectivity index (χ2v) is 5.31. The van der Waals surface area contributed by atoms with Gasteiger partial charge >= 0.3 is 0 Å². The van der Waals surface area contributed by atoms with Crippen molar-refractivity contribution in [1.29, 1.82) is 0 Å². The zero-order chi connectivity index (χ0) is 11.2. The molecule has 2 N–H and O–H groups in total. The summed E-state index contributed by atoms with van der Waals surface area (Å²) < 4.78 is 0. The largest absolute Gasteiger partial charge is 0.392 e. The first kappa shape index (κ1) is 12.3. The van der Waals surface area contributed by atoms with E-state index in [1.807, 2.05) is 0 Å². The number of hydrogen-bond donors (Lipinski definition) is 2. The molecule has 2 aliphatic rings. The van der Waals surface area contributed by atoms with Crippen LogP contribution in [-0.2, 0) is 0 Å². The van der Waals surface area contributed by atoms with Crippen molar-refractivity contribution in [3.05, 3.63) is 0 Å². The lowest BCUT2D eigenvalue weighted by Crippen LogP contribution is -2.42. The maximum absolute atomic E-state index is 9.96. The van der Waals surface area contributed by atoms with Gasteiger partial charge in [-0.2, -0.15) is 0 Å². The molecule has 3 nitrogen and oxygen atoms in total. The summed E-state index contributed by atoms with van der Waals surface area (Å²) in [4.78, 5) is 2.52. The van der Waals surface area contributed by atoms with Crippen LogP contribution in [-0.4, -0.2) is 48.3 Å². The zero-order valence-corrected chi connectivity index (χ0v) is 10.3. The molecule has 2 unspecified atom stereocenters. The van der Waals surface area contributed by atoms with E-state index in [0.29, 0.717) is 6.04 Å². The van der Waals surface area contributed by atoms with Crippen molar-refractivity contribution in [2.75, 3.05) is 26.2 Å². The van der Waals surface area contributed by atoms with E-state index in [1.165, 1.54) is 45.2 Å². The molecule has 0 bridgehead atoms. The Bertz CT molecular complexity index is 192. The summed E-state index contributed by atoms with van der Waals surface area (Å²) in [5.74, 6) is 0. The molecular weight excluding hydrogens is 200 g/mol. The SMILES string of the molecule is OC1CCCCCC1NCCN1CCCC1. The van der Waals surface area contributed by atoms with Gasteiger partial charge in [-0.3, -0.25) is 0 Å². The summed E-state index contributed by atoms with van der Waals surface area (Å²) >= 11 is 0. The molecule has 1 saturated carbocycles. The van der Waals surface area contributed by atoms with E-state index >= 15 is 0 Å². The minimum Gasteiger partial charge on any atom is -0.392 e. The molecule has 1 saturated heterocycles. The van der Waals surface area contributed by atoms with Crippen molar-refractivity contribution in [3.8, 4) is 0 Å². The van der Waals surface area contributed by atoms with Gasteiger partial charge in [0.2, 0.25) is 0 Å². The lowest BCUT2D eigenvalue weighted by molar-refractivity contribution is 0.118. The van der Waals surface area contributed by atoms with E-state index in [2.05, 4.69) is 10.2 Å². The predicted octanol–water partition coefficient (Wildman–Crippen LogP) is 1.37. The monoisotopic (exact) mass is 226 g/mol. The lowest BCUT2D eigenvalue weighted by Gasteiger charge is -2.23. The summed E-state index contributed by atoms with van der Waals surface area (Å²) in [6.07, 6.45) is 8.53. The van der Waals surface area contributed by atoms with Crippen LogP contribution in [0.5, 0.6) is 0 Å². The highest BCUT2D eigenvalue weighted by Crippen LogP contribution is 2.17. The molecule has 0 aromatic rings. The van der Waals surface area contributed by atoms with Gasteiger partial charge in [0.15, 0.2) is 0 Å². The number of likely N-dealkylation sites (tertiary alicyclic amines) is 1. The van der Waals surface area contributed by atoms with Crippen LogP contribution >= 0.6 is 0 Å². The quantitative estimate of drug-likeness (QED) is 0.711. The van der Waals surface area contributed by atoms with Crippen molar-refractivity contribution in [3.63, 3.8) is 0 Å². The summed E-state index contributed by atoms with van der Waals surface area (Å²) in [5.41, 5.74) is 0. The van der Waals surface area contributed by atoms with Gasteiger partial charge in [-0.25, -0.2) is 0 Å². The molecule has 0 radical (unpaired) electrons. The molecule has 0 aromatic heterocycles. The molecule has 2 atom stereocenters. The van der Waals surface area contributed by atoms with Crippen LogP contribution in [0.4, 0.5) is 0 Å². The van der Waals surface area contributed by atoms with Crippen LogP contribution in [0.3, 0.4) is 0 Å². The third-order valence-corrected chi connectivity index (χ3v) is 4.01. The van der Waals surface area contributed by atoms with Crippen LogP contribution in [0, 0.1) is 0 Å². The predicted molar refractivity (Wildman–Crippen MR) is 66.6 cm³/mol. The molecule has 0 amide bonds. The van der Waals surface area contributed by atoms with Gasteiger partial charge in [0.25, 0.3) is 0 Å². The topological polar surface area (TPSA) is 35.5 Å². The highest BCUT2D eigenvalue weighted by atomic mass is 16.3. The first-order chi connectivity index (χ1) is 7.86. The van der Waals surface area contributed by atoms with Crippen molar-refractivity contribution in [2.45, 2.75) is 57.1 Å². The highest BCUT2D eigenvalue weighted by molar-refractivity contribution is 4.79. The van der Waals surface area contributed by atoms with Crippen LogP contribution in [0.2, 0.25) is 0 Å². The van der Waals surface area contributed by atoms with Gasteiger partial charge in [0.1, 0.15) is 0 Å². The fourth-order valence-electron chi connectivity index (χ4n) is 2.94. The Morgan fingerprint density at radius 3 is 2.56 bits per heavy atom. The number of aliphatic hydroxyl groups is 1. The number of nitrogens with zero attached hydrogens (tertiary/aromatic N) is 1. The number of nitrogens with one attached hydrogen (secondary N) is 1. The average molecular weight is 226 g/mol. The van der Waals surface area contributed by atoms with Crippen LogP contribution in [0.1, 0.15) is 44.9 Å². The van der Waals surface area contributed by atoms with Crippen LogP contribution in [0.25, 0.3) is 0 Å². The molecule has 0 spiro atoms. The lowest BCUT2D eigenvalue weighted by atomic mass is 10.1. The van der Waals surface area contributed by atoms with Gasteiger partial charge in [-0.05, 0) is 38.8 Å². The summed E-state index contributed by atoms with van der Waals surface area (Å²) in [6.45, 7) is 4.74. The molecule has 2 rings (SSSR count). The van der Waals surface area contributed by atoms with E-state index in [-0.39, 0.29) is 6.10 Å². The Morgan fingerprint density at radius 1 is 1.00 bits per heavy atom. The fourth-order valence-corrected chi connectivity index (χ4v) is 2.94. The maximum atomic E-state index is 9.96. The third kappa shape index (κ3) is 3.72. The second kappa shape index (κ2) is 6.58. The van der Waals surface area contributed by atoms with Crippen molar-refractivity contribution in [1.82, 2.24) is 10.2 Å². The highest BCUT2D eigenvalue weighted by Gasteiger charge is 2.21. The summed E-state index contributed by atoms with van der Waals surface area (Å²) in [7, 11) is 0. The Morgan fingerprint density at radius 2 is 1.75 bits per heavy atom. The van der Waals surface area contributed by atoms with Crippen LogP contribution < -0.4 is 5.32 Å². The van der Waals surface area contributed by atoms with E-state index in [9.17, 15) is 5.11 Å². The standard InChI is InChI=1S/C13H26N2O/c16-13-7-3-1-2-6-12(13)14-8-11-15-9-4-5-10-15/h12-14,16H,1-11H2. The normalized spacial score (nSPS) is 32.8. The summed E-state index contributed by atoms with van der Waals surface area (Å²) in [5, 5.41) is 13.5. The van der Waals surface area contributed by atoms with E-state index in [1.54, 1.807) is 0 Å². The fraction of sp³-hybridized carbons (Fsp3) is 1.00. The molecule has 0 aromatic carbocycles. The summed E-state index contributed by atoms with van der Waals surface area (Å²) in [6, 6.07) is 0.352. The second-order valence-electron chi connectivity index (χ2n) is 5.31. The average Bonchev–Trinajstić information content (AvgIpc) is 2.71. The number of aliphatic hydroxyl groups excluding tert-OH is 1. The Kier molecular flexibility index (Phi) is 5.07. The van der Waals surface area contributed by atoms with E-state index in [4.69, 9.17) is 0 Å². The van der Waals surface area contributed by atoms with Crippen molar-refractivity contribution >= 4 is 0 Å². The Hall–Kier alpha value is -0.120. The molecule has 2 fully saturated rings. The van der Waals surface area contributed by atoms with Crippen molar-refractivity contribution in [2.24, 2.45) is 0 Å². The van der Waals surface area contributed by atoms with Gasteiger partial charge in [0.05, 0.1) is 6.10 Å². The molecule has 3 heteroatoms. The minimum atomic E-state index is -0.110. The first-order valence-corrected chi connectivity index (χ1v) is 7.00. The number of hydrogen-bond acceptors (Lipinski definition) is 3. The van der Waals surface area contributed by atoms with Gasteiger partial charge in [-0.1, -0.05) is 19.3 Å². The number of rotatable bonds is 4. The first-order valence-electron chi connectivity index (χ1n) is 7.00. The van der Waals surface area contributed by atoms with E-state index in [0.717, 1.165) is 25.9 Å².